The minimum atomic E-state index is -0.595. The molecular weight excluding hydrogens is 348 g/mol. The third-order valence-corrected chi connectivity index (χ3v) is 4.10. The lowest BCUT2D eigenvalue weighted by atomic mass is 10.1. The van der Waals surface area contributed by atoms with Crippen LogP contribution in [0.5, 0.6) is 5.75 Å². The second-order valence-corrected chi connectivity index (χ2v) is 5.95. The molecule has 1 aromatic heterocycles. The van der Waals surface area contributed by atoms with Crippen LogP contribution in [0.1, 0.15) is 21.7 Å². The molecule has 0 atom stereocenters. The van der Waals surface area contributed by atoms with E-state index in [0.29, 0.717) is 18.7 Å². The van der Waals surface area contributed by atoms with Crippen LogP contribution in [0.4, 0.5) is 5.69 Å². The Kier molecular flexibility index (Phi) is 6.17. The molecule has 2 aromatic rings. The Morgan fingerprint density at radius 2 is 2.04 bits per heavy atom. The van der Waals surface area contributed by atoms with Crippen molar-refractivity contribution in [3.8, 4) is 5.75 Å². The van der Waals surface area contributed by atoms with Crippen LogP contribution in [0.2, 0.25) is 5.02 Å². The molecule has 25 heavy (non-hydrogen) atoms. The molecule has 7 nitrogen and oxygen atoms in total. The number of aryl methyl sites for hydroxylation is 1. The molecule has 0 aliphatic heterocycles. The van der Waals surface area contributed by atoms with Crippen molar-refractivity contribution in [3.05, 3.63) is 56.4 Å². The Morgan fingerprint density at radius 3 is 2.68 bits per heavy atom. The van der Waals surface area contributed by atoms with Crippen molar-refractivity contribution >= 4 is 23.1 Å². The Labute approximate surface area is 150 Å². The average molecular weight is 367 g/mol. The van der Waals surface area contributed by atoms with Crippen LogP contribution in [0.15, 0.2) is 24.3 Å². The van der Waals surface area contributed by atoms with Gasteiger partial charge in [0.2, 0.25) is 5.78 Å². The van der Waals surface area contributed by atoms with Crippen molar-refractivity contribution in [2.24, 2.45) is 0 Å². The number of rotatable bonds is 8. The average Bonchev–Trinajstić information content (AvgIpc) is 2.85. The molecule has 0 bridgehead atoms. The van der Waals surface area contributed by atoms with Gasteiger partial charge in [0.05, 0.1) is 11.5 Å². The maximum atomic E-state index is 12.5. The van der Waals surface area contributed by atoms with Crippen molar-refractivity contribution in [3.63, 3.8) is 0 Å². The number of carbonyl (C=O) groups excluding carboxylic acids is 1. The fourth-order valence-corrected chi connectivity index (χ4v) is 2.75. The smallest absolute Gasteiger partial charge is 0.312 e. The largest absolute Gasteiger partial charge is 0.478 e. The molecule has 1 aromatic carbocycles. The lowest BCUT2D eigenvalue weighted by Crippen LogP contribution is -2.14. The standard InChI is InChI=1S/C17H19ClN2O5/c1-11-8-14(12(2)19(11)6-7-24-3)16(21)10-25-17-5-4-13(18)9-15(17)20(22)23/h4-5,8-9H,6-7,10H2,1-3H3. The van der Waals surface area contributed by atoms with Gasteiger partial charge in [-0.2, -0.15) is 0 Å². The molecule has 0 saturated carbocycles. The third-order valence-electron chi connectivity index (χ3n) is 3.87. The highest BCUT2D eigenvalue weighted by Gasteiger charge is 2.20. The molecular formula is C17H19ClN2O5. The number of hydrogen-bond acceptors (Lipinski definition) is 5. The summed E-state index contributed by atoms with van der Waals surface area (Å²) >= 11 is 5.76. The van der Waals surface area contributed by atoms with Crippen molar-refractivity contribution in [2.45, 2.75) is 20.4 Å². The monoisotopic (exact) mass is 366 g/mol. The van der Waals surface area contributed by atoms with Crippen LogP contribution in [0.25, 0.3) is 0 Å². The number of nitro groups is 1. The van der Waals surface area contributed by atoms with E-state index < -0.39 is 4.92 Å². The predicted molar refractivity (Wildman–Crippen MR) is 93.7 cm³/mol. The molecule has 0 unspecified atom stereocenters. The first-order valence-electron chi connectivity index (χ1n) is 7.60. The zero-order valence-electron chi connectivity index (χ0n) is 14.2. The number of aromatic nitrogens is 1. The highest BCUT2D eigenvalue weighted by atomic mass is 35.5. The molecule has 0 amide bonds. The number of carbonyl (C=O) groups is 1. The first kappa shape index (κ1) is 19.0. The SMILES string of the molecule is COCCn1c(C)cc(C(=O)COc2ccc(Cl)cc2[N+](=O)[O-])c1C. The molecule has 0 spiro atoms. The van der Waals surface area contributed by atoms with Crippen LogP contribution in [-0.4, -0.2) is 35.6 Å². The van der Waals surface area contributed by atoms with Gasteiger partial charge in [0.25, 0.3) is 0 Å². The summed E-state index contributed by atoms with van der Waals surface area (Å²) < 4.78 is 12.4. The molecule has 2 rings (SSSR count). The lowest BCUT2D eigenvalue weighted by molar-refractivity contribution is -0.385. The number of methoxy groups -OCH3 is 1. The Balaban J connectivity index is 2.15. The van der Waals surface area contributed by atoms with Crippen molar-refractivity contribution < 1.29 is 19.2 Å². The summed E-state index contributed by atoms with van der Waals surface area (Å²) in [6.07, 6.45) is 0. The van der Waals surface area contributed by atoms with Gasteiger partial charge in [-0.05, 0) is 32.0 Å². The normalized spacial score (nSPS) is 10.7. The lowest BCUT2D eigenvalue weighted by Gasteiger charge is -2.09. The number of halogens is 1. The summed E-state index contributed by atoms with van der Waals surface area (Å²) in [6, 6.07) is 5.84. The van der Waals surface area contributed by atoms with E-state index in [2.05, 4.69) is 0 Å². The van der Waals surface area contributed by atoms with Crippen molar-refractivity contribution in [1.82, 2.24) is 4.57 Å². The van der Waals surface area contributed by atoms with Gasteiger partial charge >= 0.3 is 5.69 Å². The Bertz CT molecular complexity index is 801. The number of benzene rings is 1. The van der Waals surface area contributed by atoms with Gasteiger partial charge in [-0.25, -0.2) is 0 Å². The summed E-state index contributed by atoms with van der Waals surface area (Å²) in [7, 11) is 1.62. The van der Waals surface area contributed by atoms with Crippen LogP contribution >= 0.6 is 11.6 Å². The van der Waals surface area contributed by atoms with Gasteiger partial charge in [0.15, 0.2) is 12.4 Å². The first-order valence-corrected chi connectivity index (χ1v) is 7.98. The van der Waals surface area contributed by atoms with E-state index in [1.165, 1.54) is 18.2 Å². The highest BCUT2D eigenvalue weighted by molar-refractivity contribution is 6.30. The van der Waals surface area contributed by atoms with Gasteiger partial charge in [0, 0.05) is 41.7 Å². The Morgan fingerprint density at radius 1 is 1.32 bits per heavy atom. The predicted octanol–water partition coefficient (Wildman–Crippen LogP) is 3.57. The number of nitrogens with zero attached hydrogens (tertiary/aromatic N) is 2. The van der Waals surface area contributed by atoms with Gasteiger partial charge in [-0.3, -0.25) is 14.9 Å². The topological polar surface area (TPSA) is 83.6 Å². The minimum Gasteiger partial charge on any atom is -0.478 e. The van der Waals surface area contributed by atoms with Crippen molar-refractivity contribution in [2.75, 3.05) is 20.3 Å². The van der Waals surface area contributed by atoms with E-state index in [1.807, 2.05) is 18.4 Å². The molecule has 0 aliphatic carbocycles. The zero-order valence-corrected chi connectivity index (χ0v) is 15.0. The number of ether oxygens (including phenoxy) is 2. The third kappa shape index (κ3) is 4.37. The minimum absolute atomic E-state index is 0.0101. The zero-order chi connectivity index (χ0) is 18.6. The van der Waals surface area contributed by atoms with Gasteiger partial charge in [-0.15, -0.1) is 0 Å². The molecule has 8 heteroatoms. The summed E-state index contributed by atoms with van der Waals surface area (Å²) in [6.45, 7) is 4.64. The molecule has 0 saturated heterocycles. The molecule has 0 N–H and O–H groups in total. The van der Waals surface area contributed by atoms with Gasteiger partial charge < -0.3 is 14.0 Å². The van der Waals surface area contributed by atoms with E-state index in [1.54, 1.807) is 13.2 Å². The number of Topliss-reactive ketones (excluding diaryl/α,β-unsaturated/α-hetero) is 1. The molecule has 134 valence electrons. The number of hydrogen-bond donors (Lipinski definition) is 0. The highest BCUT2D eigenvalue weighted by Crippen LogP contribution is 2.30. The summed E-state index contributed by atoms with van der Waals surface area (Å²) in [5.41, 5.74) is 2.01. The molecule has 1 heterocycles. The van der Waals surface area contributed by atoms with Gasteiger partial charge in [-0.1, -0.05) is 11.6 Å². The fourth-order valence-electron chi connectivity index (χ4n) is 2.59. The van der Waals surface area contributed by atoms with E-state index in [0.717, 1.165) is 11.4 Å². The van der Waals surface area contributed by atoms with Crippen LogP contribution in [-0.2, 0) is 11.3 Å². The summed E-state index contributed by atoms with van der Waals surface area (Å²) in [5, 5.41) is 11.3. The summed E-state index contributed by atoms with van der Waals surface area (Å²) in [4.78, 5) is 22.9. The summed E-state index contributed by atoms with van der Waals surface area (Å²) in [5.74, 6) is -0.239. The van der Waals surface area contributed by atoms with Crippen LogP contribution < -0.4 is 4.74 Å². The van der Waals surface area contributed by atoms with Gasteiger partial charge in [0.1, 0.15) is 0 Å². The second-order valence-electron chi connectivity index (χ2n) is 5.51. The molecule has 0 fully saturated rings. The van der Waals surface area contributed by atoms with E-state index in [9.17, 15) is 14.9 Å². The van der Waals surface area contributed by atoms with Crippen molar-refractivity contribution in [1.29, 1.82) is 0 Å². The molecule has 0 aliphatic rings. The number of nitro benzene ring substituents is 1. The maximum Gasteiger partial charge on any atom is 0.312 e. The first-order chi connectivity index (χ1) is 11.8. The molecule has 0 radical (unpaired) electrons. The number of ketones is 1. The van der Waals surface area contributed by atoms with E-state index in [-0.39, 0.29) is 28.8 Å². The van der Waals surface area contributed by atoms with Crippen LogP contribution in [0.3, 0.4) is 0 Å². The van der Waals surface area contributed by atoms with E-state index in [4.69, 9.17) is 21.1 Å². The Hall–Kier alpha value is -2.38. The fraction of sp³-hybridized carbons (Fsp3) is 0.353. The van der Waals surface area contributed by atoms with E-state index >= 15 is 0 Å². The van der Waals surface area contributed by atoms with Crippen LogP contribution in [0, 0.1) is 24.0 Å². The second kappa shape index (κ2) is 8.13. The quantitative estimate of drug-likeness (QED) is 0.405. The maximum absolute atomic E-state index is 12.5.